The molecule has 0 unspecified atom stereocenters. The minimum atomic E-state index is -0.622. The lowest BCUT2D eigenvalue weighted by molar-refractivity contribution is -0.149. The number of anilines is 1. The molecule has 4 atom stereocenters. The molecule has 3 aliphatic rings. The zero-order valence-corrected chi connectivity index (χ0v) is 16.9. The average molecular weight is 419 g/mol. The molecule has 1 aromatic carbocycles. The number of nitrogens with one attached hydrogen (secondary N) is 1. The molecule has 1 saturated heterocycles. The van der Waals surface area contributed by atoms with Crippen molar-refractivity contribution < 1.29 is 23.9 Å². The van der Waals surface area contributed by atoms with Gasteiger partial charge in [0.1, 0.15) is 0 Å². The van der Waals surface area contributed by atoms with Crippen molar-refractivity contribution in [2.75, 3.05) is 18.5 Å². The summed E-state index contributed by atoms with van der Waals surface area (Å²) < 4.78 is 4.99. The van der Waals surface area contributed by atoms with E-state index in [1.54, 1.807) is 18.2 Å². The average Bonchev–Trinajstić information content (AvgIpc) is 3.36. The molecule has 3 fully saturated rings. The summed E-state index contributed by atoms with van der Waals surface area (Å²) in [4.78, 5) is 50.4. The van der Waals surface area contributed by atoms with E-state index in [-0.39, 0.29) is 36.6 Å². The normalized spacial score (nSPS) is 27.3. The summed E-state index contributed by atoms with van der Waals surface area (Å²) in [7, 11) is 0. The van der Waals surface area contributed by atoms with Crippen molar-refractivity contribution in [2.45, 2.75) is 32.6 Å². The number of carbonyl (C=O) groups is 4. The minimum Gasteiger partial charge on any atom is -0.456 e. The maximum atomic E-state index is 12.6. The van der Waals surface area contributed by atoms with Crippen molar-refractivity contribution in [1.82, 2.24) is 4.90 Å². The van der Waals surface area contributed by atoms with E-state index in [4.69, 9.17) is 16.3 Å². The van der Waals surface area contributed by atoms with Gasteiger partial charge >= 0.3 is 5.97 Å². The van der Waals surface area contributed by atoms with Gasteiger partial charge < -0.3 is 10.1 Å². The topological polar surface area (TPSA) is 92.8 Å². The molecular formula is C21H23ClN2O5. The molecule has 2 bridgehead atoms. The summed E-state index contributed by atoms with van der Waals surface area (Å²) >= 11 is 5.92. The highest BCUT2D eigenvalue weighted by molar-refractivity contribution is 6.31. The number of fused-ring (bicyclic) bond motifs is 5. The van der Waals surface area contributed by atoms with Gasteiger partial charge in [0.2, 0.25) is 11.8 Å². The molecule has 0 aromatic heterocycles. The van der Waals surface area contributed by atoms with E-state index in [0.717, 1.165) is 24.8 Å². The molecule has 154 valence electrons. The first-order valence-electron chi connectivity index (χ1n) is 9.92. The van der Waals surface area contributed by atoms with Crippen LogP contribution >= 0.6 is 11.6 Å². The lowest BCUT2D eigenvalue weighted by atomic mass is 9.81. The Hall–Kier alpha value is -2.41. The molecule has 4 rings (SSSR count). The number of esters is 1. The highest BCUT2D eigenvalue weighted by Crippen LogP contribution is 2.56. The summed E-state index contributed by atoms with van der Waals surface area (Å²) in [5.74, 6) is -1.14. The zero-order valence-electron chi connectivity index (χ0n) is 16.2. The third-order valence-corrected chi connectivity index (χ3v) is 6.63. The molecule has 1 N–H and O–H groups in total. The monoisotopic (exact) mass is 418 g/mol. The number of hydrogen-bond donors (Lipinski definition) is 1. The second kappa shape index (κ2) is 7.78. The van der Waals surface area contributed by atoms with Crippen LogP contribution in [0, 0.1) is 30.6 Å². The lowest BCUT2D eigenvalue weighted by Crippen LogP contribution is -2.35. The van der Waals surface area contributed by atoms with Gasteiger partial charge in [-0.2, -0.15) is 0 Å². The maximum absolute atomic E-state index is 12.6. The Morgan fingerprint density at radius 1 is 1.17 bits per heavy atom. The fourth-order valence-electron chi connectivity index (χ4n) is 5.03. The van der Waals surface area contributed by atoms with E-state index in [1.165, 1.54) is 4.90 Å². The van der Waals surface area contributed by atoms with Crippen LogP contribution < -0.4 is 5.32 Å². The van der Waals surface area contributed by atoms with Crippen LogP contribution in [0.2, 0.25) is 5.02 Å². The molecule has 1 aliphatic heterocycles. The number of imide groups is 1. The van der Waals surface area contributed by atoms with Crippen molar-refractivity contribution in [1.29, 1.82) is 0 Å². The van der Waals surface area contributed by atoms with Gasteiger partial charge in [-0.15, -0.1) is 0 Å². The predicted octanol–water partition coefficient (Wildman–Crippen LogP) is 2.55. The van der Waals surface area contributed by atoms with E-state index >= 15 is 0 Å². The molecule has 1 aromatic rings. The largest absolute Gasteiger partial charge is 0.456 e. The summed E-state index contributed by atoms with van der Waals surface area (Å²) in [5.41, 5.74) is 1.38. The molecule has 3 amide bonds. The van der Waals surface area contributed by atoms with Gasteiger partial charge in [0, 0.05) is 17.3 Å². The Morgan fingerprint density at radius 2 is 1.83 bits per heavy atom. The number of likely N-dealkylation sites (tertiary alicyclic amines) is 1. The van der Waals surface area contributed by atoms with Gasteiger partial charge in [0.05, 0.1) is 18.3 Å². The highest BCUT2D eigenvalue weighted by atomic mass is 35.5. The number of carbonyl (C=O) groups excluding carboxylic acids is 4. The van der Waals surface area contributed by atoms with Gasteiger partial charge in [0.15, 0.2) is 6.61 Å². The van der Waals surface area contributed by atoms with Crippen molar-refractivity contribution in [3.05, 3.63) is 28.8 Å². The van der Waals surface area contributed by atoms with Crippen molar-refractivity contribution in [3.8, 4) is 0 Å². The number of hydrogen-bond acceptors (Lipinski definition) is 5. The van der Waals surface area contributed by atoms with Crippen LogP contribution in [-0.2, 0) is 23.9 Å². The second-order valence-electron chi connectivity index (χ2n) is 8.13. The number of rotatable bonds is 6. The fraction of sp³-hybridized carbons (Fsp3) is 0.524. The lowest BCUT2D eigenvalue weighted by Gasteiger charge is -2.19. The van der Waals surface area contributed by atoms with Crippen LogP contribution in [0.3, 0.4) is 0 Å². The van der Waals surface area contributed by atoms with Gasteiger partial charge in [-0.25, -0.2) is 0 Å². The summed E-state index contributed by atoms with van der Waals surface area (Å²) in [5, 5.41) is 3.13. The van der Waals surface area contributed by atoms with E-state index in [1.807, 2.05) is 6.92 Å². The Labute approximate surface area is 173 Å². The smallest absolute Gasteiger partial charge is 0.308 e. The third-order valence-electron chi connectivity index (χ3n) is 6.40. The summed E-state index contributed by atoms with van der Waals surface area (Å²) in [6.07, 6.45) is 2.89. The predicted molar refractivity (Wildman–Crippen MR) is 105 cm³/mol. The molecule has 2 saturated carbocycles. The number of nitrogens with zero attached hydrogens (tertiary/aromatic N) is 1. The van der Waals surface area contributed by atoms with Crippen molar-refractivity contribution in [2.24, 2.45) is 23.7 Å². The SMILES string of the molecule is Cc1ccc(Cl)cc1NC(=O)COC(=O)CCN1C(=O)[C@H]2[C@H]3CC[C@@H](C3)[C@@H]2C1=O. The van der Waals surface area contributed by atoms with Crippen LogP contribution in [0.25, 0.3) is 0 Å². The molecule has 1 heterocycles. The number of benzene rings is 1. The molecule has 0 radical (unpaired) electrons. The maximum Gasteiger partial charge on any atom is 0.308 e. The van der Waals surface area contributed by atoms with E-state index in [9.17, 15) is 19.2 Å². The highest BCUT2D eigenvalue weighted by Gasteiger charge is 2.60. The van der Waals surface area contributed by atoms with E-state index < -0.39 is 18.5 Å². The first-order valence-corrected chi connectivity index (χ1v) is 10.3. The summed E-state index contributed by atoms with van der Waals surface area (Å²) in [6, 6.07) is 5.11. The fourth-order valence-corrected chi connectivity index (χ4v) is 5.20. The van der Waals surface area contributed by atoms with E-state index in [0.29, 0.717) is 22.5 Å². The van der Waals surface area contributed by atoms with Crippen LogP contribution in [0.15, 0.2) is 18.2 Å². The number of ether oxygens (including phenoxy) is 1. The molecule has 2 aliphatic carbocycles. The Balaban J connectivity index is 1.24. The standard InChI is InChI=1S/C21H23ClN2O5/c1-11-2-5-14(22)9-15(11)23-16(25)10-29-17(26)6-7-24-20(27)18-12-3-4-13(8-12)19(18)21(24)28/h2,5,9,12-13,18-19H,3-4,6-8,10H2,1H3,(H,23,25)/t12-,13-,18-,19-/m0/s1. The van der Waals surface area contributed by atoms with Gasteiger partial charge in [-0.1, -0.05) is 17.7 Å². The minimum absolute atomic E-state index is 0.0119. The summed E-state index contributed by atoms with van der Waals surface area (Å²) in [6.45, 7) is 1.39. The van der Waals surface area contributed by atoms with Gasteiger partial charge in [-0.3, -0.25) is 24.1 Å². The van der Waals surface area contributed by atoms with Crippen LogP contribution in [-0.4, -0.2) is 41.7 Å². The van der Waals surface area contributed by atoms with Gasteiger partial charge in [0.25, 0.3) is 5.91 Å². The van der Waals surface area contributed by atoms with Crippen molar-refractivity contribution in [3.63, 3.8) is 0 Å². The molecule has 0 spiro atoms. The molecule has 8 heteroatoms. The molecule has 29 heavy (non-hydrogen) atoms. The Bertz CT molecular complexity index is 858. The third kappa shape index (κ3) is 3.75. The van der Waals surface area contributed by atoms with Crippen LogP contribution in [0.1, 0.15) is 31.2 Å². The molecular weight excluding hydrogens is 396 g/mol. The number of aryl methyl sites for hydroxylation is 1. The zero-order chi connectivity index (χ0) is 20.7. The second-order valence-corrected chi connectivity index (χ2v) is 8.57. The van der Waals surface area contributed by atoms with Crippen LogP contribution in [0.4, 0.5) is 5.69 Å². The van der Waals surface area contributed by atoms with Gasteiger partial charge in [-0.05, 0) is 55.7 Å². The first kappa shape index (κ1) is 19.9. The Kier molecular flexibility index (Phi) is 5.34. The first-order chi connectivity index (χ1) is 13.8. The quantitative estimate of drug-likeness (QED) is 0.566. The molecule has 7 nitrogen and oxygen atoms in total. The van der Waals surface area contributed by atoms with E-state index in [2.05, 4.69) is 5.32 Å². The van der Waals surface area contributed by atoms with Crippen LogP contribution in [0.5, 0.6) is 0 Å². The number of halogens is 1. The number of amides is 3. The van der Waals surface area contributed by atoms with Crippen molar-refractivity contribution >= 4 is 41.0 Å². The Morgan fingerprint density at radius 3 is 2.48 bits per heavy atom.